The summed E-state index contributed by atoms with van der Waals surface area (Å²) in [5.74, 6) is 0.541. The normalized spacial score (nSPS) is 13.5. The number of hydrogen-bond donors (Lipinski definition) is 3. The van der Waals surface area contributed by atoms with E-state index in [0.29, 0.717) is 19.0 Å². The van der Waals surface area contributed by atoms with E-state index >= 15 is 0 Å². The maximum atomic E-state index is 12.7. The number of ether oxygens (including phenoxy) is 1. The summed E-state index contributed by atoms with van der Waals surface area (Å²) < 4.78 is 43.2. The molecule has 1 aromatic heterocycles. The quantitative estimate of drug-likeness (QED) is 0.260. The lowest BCUT2D eigenvalue weighted by molar-refractivity contribution is -0.140. The van der Waals surface area contributed by atoms with Crippen molar-refractivity contribution in [3.8, 4) is 0 Å². The summed E-state index contributed by atoms with van der Waals surface area (Å²) >= 11 is 0.912. The Labute approximate surface area is 196 Å². The molecule has 1 aromatic rings. The molecule has 174 valence electrons. The van der Waals surface area contributed by atoms with Gasteiger partial charge in [-0.05, 0) is 33.6 Å². The molecule has 7 nitrogen and oxygen atoms in total. The summed E-state index contributed by atoms with van der Waals surface area (Å²) in [6.45, 7) is 12.1. The first kappa shape index (κ1) is 28.7. The number of carbonyl (C=O) groups excluding carboxylic acids is 1. The molecule has 0 fully saturated rings. The molecule has 30 heavy (non-hydrogen) atoms. The predicted octanol–water partition coefficient (Wildman–Crippen LogP) is 4.38. The molecule has 0 aliphatic heterocycles. The fraction of sp³-hybridized carbons (Fsp3) is 0.722. The Kier molecular flexibility index (Phi) is 12.0. The minimum atomic E-state index is -4.46. The van der Waals surface area contributed by atoms with Crippen LogP contribution in [-0.4, -0.2) is 41.8 Å². The fourth-order valence-corrected chi connectivity index (χ4v) is 2.85. The average Bonchev–Trinajstić information content (AvgIpc) is 3.03. The summed E-state index contributed by atoms with van der Waals surface area (Å²) in [6.07, 6.45) is -4.97. The van der Waals surface area contributed by atoms with E-state index in [1.165, 1.54) is 0 Å². The van der Waals surface area contributed by atoms with Crippen molar-refractivity contribution in [1.29, 1.82) is 0 Å². The van der Waals surface area contributed by atoms with Crippen LogP contribution in [0.25, 0.3) is 0 Å². The molecule has 0 radical (unpaired) electrons. The zero-order chi connectivity index (χ0) is 22.2. The van der Waals surface area contributed by atoms with E-state index in [1.807, 2.05) is 20.8 Å². The molecule has 0 aromatic carbocycles. The molecule has 1 unspecified atom stereocenters. The van der Waals surface area contributed by atoms with Gasteiger partial charge in [-0.3, -0.25) is 0 Å². The van der Waals surface area contributed by atoms with Gasteiger partial charge in [-0.15, -0.1) is 35.3 Å². The van der Waals surface area contributed by atoms with Crippen LogP contribution in [0.4, 0.5) is 18.0 Å². The summed E-state index contributed by atoms with van der Waals surface area (Å²) in [5, 5.41) is 10.2. The Morgan fingerprint density at radius 3 is 2.37 bits per heavy atom. The Morgan fingerprint density at radius 1 is 1.27 bits per heavy atom. The number of nitrogens with zero attached hydrogens (tertiary/aromatic N) is 2. The summed E-state index contributed by atoms with van der Waals surface area (Å²) in [7, 11) is 0. The van der Waals surface area contributed by atoms with Crippen LogP contribution in [0.2, 0.25) is 0 Å². The van der Waals surface area contributed by atoms with Crippen LogP contribution in [-0.2, 0) is 17.5 Å². The van der Waals surface area contributed by atoms with E-state index in [-0.39, 0.29) is 47.5 Å². The molecule has 1 atom stereocenters. The van der Waals surface area contributed by atoms with Gasteiger partial charge in [0.25, 0.3) is 0 Å². The molecule has 1 amide bonds. The summed E-state index contributed by atoms with van der Waals surface area (Å²) in [4.78, 5) is 19.9. The number of guanidine groups is 1. The number of aromatic nitrogens is 1. The number of alkyl halides is 3. The minimum absolute atomic E-state index is 0. The van der Waals surface area contributed by atoms with Crippen molar-refractivity contribution in [3.05, 3.63) is 16.1 Å². The maximum Gasteiger partial charge on any atom is 0.434 e. The molecule has 0 aliphatic carbocycles. The molecular weight excluding hydrogens is 534 g/mol. The second kappa shape index (κ2) is 12.5. The van der Waals surface area contributed by atoms with E-state index in [4.69, 9.17) is 4.74 Å². The number of nitrogens with one attached hydrogen (secondary N) is 3. The van der Waals surface area contributed by atoms with Gasteiger partial charge in [0, 0.05) is 18.5 Å². The Balaban J connectivity index is 0.00000841. The van der Waals surface area contributed by atoms with Gasteiger partial charge in [0.1, 0.15) is 10.6 Å². The number of alkyl carbamates (subject to hydrolysis) is 1. The molecule has 0 spiro atoms. The van der Waals surface area contributed by atoms with Crippen LogP contribution in [0, 0.1) is 5.92 Å². The third-order valence-corrected chi connectivity index (χ3v) is 4.39. The molecule has 0 saturated carbocycles. The van der Waals surface area contributed by atoms with Crippen LogP contribution < -0.4 is 16.0 Å². The summed E-state index contributed by atoms with van der Waals surface area (Å²) in [5.41, 5.74) is -1.51. The van der Waals surface area contributed by atoms with Gasteiger partial charge in [0.15, 0.2) is 11.7 Å². The summed E-state index contributed by atoms with van der Waals surface area (Å²) in [6, 6.07) is -0.231. The topological polar surface area (TPSA) is 87.6 Å². The van der Waals surface area contributed by atoms with Crippen molar-refractivity contribution in [2.24, 2.45) is 10.9 Å². The second-order valence-corrected chi connectivity index (χ2v) is 8.64. The van der Waals surface area contributed by atoms with Gasteiger partial charge in [-0.2, -0.15) is 13.2 Å². The van der Waals surface area contributed by atoms with Gasteiger partial charge in [0.05, 0.1) is 12.6 Å². The van der Waals surface area contributed by atoms with E-state index < -0.39 is 23.6 Å². The Morgan fingerprint density at radius 2 is 1.90 bits per heavy atom. The standard InChI is InChI=1S/C18H30F3N5O2S.HI/c1-7-22-15(24-9-14-26-13(10-29-14)18(19,20)21)23-8-12(11(2)3)25-16(27)28-17(4,5)6;/h10-12H,7-9H2,1-6H3,(H,25,27)(H2,22,23,24);1H. The Hall–Kier alpha value is -1.31. The molecule has 1 heterocycles. The lowest BCUT2D eigenvalue weighted by Gasteiger charge is -2.26. The zero-order valence-electron chi connectivity index (χ0n) is 18.0. The van der Waals surface area contributed by atoms with Crippen LogP contribution in [0.3, 0.4) is 0 Å². The highest BCUT2D eigenvalue weighted by atomic mass is 127. The average molecular weight is 565 g/mol. The van der Waals surface area contributed by atoms with Crippen molar-refractivity contribution in [2.75, 3.05) is 13.1 Å². The number of aliphatic imine (C=N–C) groups is 1. The molecule has 0 aliphatic rings. The highest BCUT2D eigenvalue weighted by Gasteiger charge is 2.33. The van der Waals surface area contributed by atoms with Crippen LogP contribution in [0.5, 0.6) is 0 Å². The van der Waals surface area contributed by atoms with Crippen molar-refractivity contribution in [2.45, 2.75) is 65.9 Å². The lowest BCUT2D eigenvalue weighted by Crippen LogP contribution is -2.50. The van der Waals surface area contributed by atoms with Gasteiger partial charge < -0.3 is 20.7 Å². The third-order valence-electron chi connectivity index (χ3n) is 3.56. The molecule has 0 bridgehead atoms. The van der Waals surface area contributed by atoms with Gasteiger partial charge in [0.2, 0.25) is 0 Å². The van der Waals surface area contributed by atoms with Crippen LogP contribution in [0.15, 0.2) is 10.4 Å². The monoisotopic (exact) mass is 565 g/mol. The fourth-order valence-electron chi connectivity index (χ4n) is 2.12. The van der Waals surface area contributed by atoms with Crippen LogP contribution >= 0.6 is 35.3 Å². The first-order valence-corrected chi connectivity index (χ1v) is 10.2. The molecular formula is C18H31F3IN5O2S. The molecule has 0 saturated heterocycles. The molecule has 12 heteroatoms. The Bertz CT molecular complexity index is 690. The lowest BCUT2D eigenvalue weighted by atomic mass is 10.0. The van der Waals surface area contributed by atoms with E-state index in [9.17, 15) is 18.0 Å². The van der Waals surface area contributed by atoms with Gasteiger partial charge in [-0.25, -0.2) is 14.8 Å². The number of carbonyl (C=O) groups is 1. The highest BCUT2D eigenvalue weighted by molar-refractivity contribution is 14.0. The van der Waals surface area contributed by atoms with Crippen molar-refractivity contribution < 1.29 is 22.7 Å². The number of thiazole rings is 1. The number of halogens is 4. The van der Waals surface area contributed by atoms with Crippen LogP contribution in [0.1, 0.15) is 52.2 Å². The van der Waals surface area contributed by atoms with Crippen molar-refractivity contribution in [1.82, 2.24) is 20.9 Å². The largest absolute Gasteiger partial charge is 0.444 e. The highest BCUT2D eigenvalue weighted by Crippen LogP contribution is 2.30. The van der Waals surface area contributed by atoms with Gasteiger partial charge >= 0.3 is 12.3 Å². The number of amides is 1. The first-order valence-electron chi connectivity index (χ1n) is 9.35. The zero-order valence-corrected chi connectivity index (χ0v) is 21.2. The SMILES string of the molecule is CCNC(=NCc1nc(C(F)(F)F)cs1)NCC(NC(=O)OC(C)(C)C)C(C)C.I. The van der Waals surface area contributed by atoms with Crippen molar-refractivity contribution in [3.63, 3.8) is 0 Å². The minimum Gasteiger partial charge on any atom is -0.444 e. The van der Waals surface area contributed by atoms with E-state index in [1.54, 1.807) is 20.8 Å². The number of hydrogen-bond acceptors (Lipinski definition) is 5. The van der Waals surface area contributed by atoms with Crippen molar-refractivity contribution >= 4 is 47.4 Å². The smallest absolute Gasteiger partial charge is 0.434 e. The second-order valence-electron chi connectivity index (χ2n) is 7.70. The van der Waals surface area contributed by atoms with E-state index in [2.05, 4.69) is 25.9 Å². The predicted molar refractivity (Wildman–Crippen MR) is 123 cm³/mol. The first-order chi connectivity index (χ1) is 13.3. The molecule has 3 N–H and O–H groups in total. The van der Waals surface area contributed by atoms with Gasteiger partial charge in [-0.1, -0.05) is 13.8 Å². The third kappa shape index (κ3) is 11.2. The number of rotatable bonds is 7. The molecule has 1 rings (SSSR count). The van der Waals surface area contributed by atoms with E-state index in [0.717, 1.165) is 16.7 Å². The maximum absolute atomic E-state index is 12.7.